The second-order valence-corrected chi connectivity index (χ2v) is 10.1. The van der Waals surface area contributed by atoms with Crippen LogP contribution in [0.5, 0.6) is 0 Å². The van der Waals surface area contributed by atoms with Crippen LogP contribution >= 0.6 is 0 Å². The summed E-state index contributed by atoms with van der Waals surface area (Å²) in [6, 6.07) is 11.1. The van der Waals surface area contributed by atoms with Gasteiger partial charge in [0.2, 0.25) is 5.91 Å². The molecule has 0 spiro atoms. The lowest BCUT2D eigenvalue weighted by Gasteiger charge is -2.23. The molecular formula is C25H29NO6S. The highest BCUT2D eigenvalue weighted by Gasteiger charge is 2.31. The zero-order chi connectivity index (χ0) is 24.3. The highest BCUT2D eigenvalue weighted by atomic mass is 32.2. The maximum atomic E-state index is 13.6. The summed E-state index contributed by atoms with van der Waals surface area (Å²) in [6.45, 7) is 7.61. The smallest absolute Gasteiger partial charge is 0.342 e. The first-order chi connectivity index (χ1) is 15.6. The van der Waals surface area contributed by atoms with Crippen LogP contribution in [0.15, 0.2) is 51.8 Å². The van der Waals surface area contributed by atoms with Crippen LogP contribution in [0.4, 0.5) is 5.69 Å². The molecule has 0 atom stereocenters. The highest BCUT2D eigenvalue weighted by molar-refractivity contribution is 7.93. The number of carbonyl (C=O) groups is 2. The Kier molecular flexibility index (Phi) is 7.27. The maximum absolute atomic E-state index is 13.6. The second kappa shape index (κ2) is 9.79. The van der Waals surface area contributed by atoms with Crippen LogP contribution in [0.1, 0.15) is 55.3 Å². The van der Waals surface area contributed by atoms with Gasteiger partial charge in [0.25, 0.3) is 10.0 Å². The van der Waals surface area contributed by atoms with Gasteiger partial charge in [0, 0.05) is 11.8 Å². The van der Waals surface area contributed by atoms with E-state index in [1.54, 1.807) is 32.0 Å². The number of amides is 1. The second-order valence-electron chi connectivity index (χ2n) is 8.36. The van der Waals surface area contributed by atoms with E-state index in [4.69, 9.17) is 9.15 Å². The summed E-state index contributed by atoms with van der Waals surface area (Å²) >= 11 is 0. The molecule has 33 heavy (non-hydrogen) atoms. The number of fused-ring (bicyclic) bond motifs is 1. The minimum atomic E-state index is -4.18. The van der Waals surface area contributed by atoms with Crippen molar-refractivity contribution >= 4 is 38.6 Å². The number of hydrogen-bond donors (Lipinski definition) is 0. The standard InChI is InChI=1S/C25H29NO6S/c1-6-7-23(27)26(33(29,30)20-11-8-18(9-12-20)14-16(2)3)19-10-13-22-21(15-19)24(17(4)32-22)25(28)31-5/h8-13,15-16H,6-7,14H2,1-5H3. The van der Waals surface area contributed by atoms with Gasteiger partial charge in [0.15, 0.2) is 0 Å². The summed E-state index contributed by atoms with van der Waals surface area (Å²) in [6.07, 6.45) is 1.36. The first-order valence-electron chi connectivity index (χ1n) is 10.9. The average Bonchev–Trinajstić information content (AvgIpc) is 3.08. The van der Waals surface area contributed by atoms with Gasteiger partial charge >= 0.3 is 5.97 Å². The van der Waals surface area contributed by atoms with Crippen LogP contribution in [0, 0.1) is 12.8 Å². The number of anilines is 1. The van der Waals surface area contributed by atoms with Crippen molar-refractivity contribution < 1.29 is 27.2 Å². The van der Waals surface area contributed by atoms with E-state index in [-0.39, 0.29) is 22.6 Å². The van der Waals surface area contributed by atoms with Crippen molar-refractivity contribution in [3.63, 3.8) is 0 Å². The first-order valence-corrected chi connectivity index (χ1v) is 12.3. The molecule has 0 aliphatic rings. The lowest BCUT2D eigenvalue weighted by atomic mass is 10.0. The molecule has 0 saturated carbocycles. The Bertz CT molecular complexity index is 1270. The predicted octanol–water partition coefficient (Wildman–Crippen LogP) is 5.25. The number of methoxy groups -OCH3 is 1. The summed E-state index contributed by atoms with van der Waals surface area (Å²) < 4.78 is 38.5. The van der Waals surface area contributed by atoms with Gasteiger partial charge in [0.1, 0.15) is 16.9 Å². The fraction of sp³-hybridized carbons (Fsp3) is 0.360. The van der Waals surface area contributed by atoms with Gasteiger partial charge in [0.05, 0.1) is 17.7 Å². The Balaban J connectivity index is 2.14. The van der Waals surface area contributed by atoms with Crippen molar-refractivity contribution in [2.75, 3.05) is 11.4 Å². The number of sulfonamides is 1. The van der Waals surface area contributed by atoms with Crippen molar-refractivity contribution in [3.05, 3.63) is 59.4 Å². The van der Waals surface area contributed by atoms with Gasteiger partial charge in [-0.05, 0) is 61.6 Å². The molecule has 1 amide bonds. The Morgan fingerprint density at radius 1 is 1.09 bits per heavy atom. The van der Waals surface area contributed by atoms with Crippen LogP contribution < -0.4 is 4.31 Å². The van der Waals surface area contributed by atoms with Crippen molar-refractivity contribution in [2.45, 2.75) is 51.9 Å². The number of benzene rings is 2. The predicted molar refractivity (Wildman–Crippen MR) is 127 cm³/mol. The van der Waals surface area contributed by atoms with Gasteiger partial charge in [-0.3, -0.25) is 4.79 Å². The summed E-state index contributed by atoms with van der Waals surface area (Å²) in [5, 5.41) is 0.383. The quantitative estimate of drug-likeness (QED) is 0.417. The number of furan rings is 1. The summed E-state index contributed by atoms with van der Waals surface area (Å²) in [5.74, 6) is -0.366. The van der Waals surface area contributed by atoms with Gasteiger partial charge in [-0.2, -0.15) is 0 Å². The first kappa shape index (κ1) is 24.5. The molecule has 176 valence electrons. The average molecular weight is 472 g/mol. The van der Waals surface area contributed by atoms with E-state index >= 15 is 0 Å². The van der Waals surface area contributed by atoms with E-state index in [0.29, 0.717) is 29.1 Å². The number of hydrogen-bond acceptors (Lipinski definition) is 6. The van der Waals surface area contributed by atoms with E-state index < -0.39 is 21.9 Å². The molecule has 8 heteroatoms. The van der Waals surface area contributed by atoms with Crippen LogP contribution in [0.2, 0.25) is 0 Å². The Morgan fingerprint density at radius 3 is 2.33 bits per heavy atom. The molecule has 0 aliphatic heterocycles. The molecule has 7 nitrogen and oxygen atoms in total. The summed E-state index contributed by atoms with van der Waals surface area (Å²) in [5.41, 5.74) is 1.76. The van der Waals surface area contributed by atoms with E-state index in [0.717, 1.165) is 16.3 Å². The van der Waals surface area contributed by atoms with E-state index in [1.807, 2.05) is 0 Å². The summed E-state index contributed by atoms with van der Waals surface area (Å²) in [7, 11) is -2.93. The van der Waals surface area contributed by atoms with Crippen LogP contribution in [-0.4, -0.2) is 27.4 Å². The number of aryl methyl sites for hydroxylation is 1. The molecule has 3 aromatic rings. The lowest BCUT2D eigenvalue weighted by molar-refractivity contribution is -0.117. The van der Waals surface area contributed by atoms with Crippen LogP contribution in [0.3, 0.4) is 0 Å². The monoisotopic (exact) mass is 471 g/mol. The lowest BCUT2D eigenvalue weighted by Crippen LogP contribution is -2.36. The Morgan fingerprint density at radius 2 is 1.76 bits per heavy atom. The molecule has 0 saturated heterocycles. The van der Waals surface area contributed by atoms with Crippen LogP contribution in [0.25, 0.3) is 11.0 Å². The van der Waals surface area contributed by atoms with Gasteiger partial charge < -0.3 is 9.15 Å². The third-order valence-corrected chi connectivity index (χ3v) is 7.03. The van der Waals surface area contributed by atoms with Crippen LogP contribution in [-0.2, 0) is 26.0 Å². The van der Waals surface area contributed by atoms with Gasteiger partial charge in [-0.1, -0.05) is 32.9 Å². The molecule has 0 radical (unpaired) electrons. The largest absolute Gasteiger partial charge is 0.465 e. The number of rotatable bonds is 8. The van der Waals surface area contributed by atoms with Crippen molar-refractivity contribution in [1.82, 2.24) is 0 Å². The number of carbonyl (C=O) groups excluding carboxylic acids is 2. The zero-order valence-electron chi connectivity index (χ0n) is 19.5. The minimum absolute atomic E-state index is 0.0242. The van der Waals surface area contributed by atoms with Crippen molar-refractivity contribution in [1.29, 1.82) is 0 Å². The fourth-order valence-electron chi connectivity index (χ4n) is 3.80. The molecular weight excluding hydrogens is 442 g/mol. The number of nitrogens with zero attached hydrogens (tertiary/aromatic N) is 1. The zero-order valence-corrected chi connectivity index (χ0v) is 20.4. The molecule has 0 unspecified atom stereocenters. The highest BCUT2D eigenvalue weighted by Crippen LogP contribution is 2.33. The molecule has 0 bridgehead atoms. The van der Waals surface area contributed by atoms with E-state index in [2.05, 4.69) is 13.8 Å². The van der Waals surface area contributed by atoms with Gasteiger partial charge in [-0.25, -0.2) is 17.5 Å². The van der Waals surface area contributed by atoms with E-state index in [9.17, 15) is 18.0 Å². The fourth-order valence-corrected chi connectivity index (χ4v) is 5.24. The molecule has 0 N–H and O–H groups in total. The molecule has 0 aliphatic carbocycles. The van der Waals surface area contributed by atoms with Gasteiger partial charge in [-0.15, -0.1) is 0 Å². The van der Waals surface area contributed by atoms with Crippen molar-refractivity contribution in [2.24, 2.45) is 5.92 Å². The molecule has 0 fully saturated rings. The third kappa shape index (κ3) is 4.95. The molecule has 1 aromatic heterocycles. The maximum Gasteiger partial charge on any atom is 0.342 e. The Labute approximate surface area is 194 Å². The molecule has 1 heterocycles. The SMILES string of the molecule is CCCC(=O)N(c1ccc2oc(C)c(C(=O)OC)c2c1)S(=O)(=O)c1ccc(CC(C)C)cc1. The normalized spacial score (nSPS) is 11.7. The topological polar surface area (TPSA) is 93.9 Å². The molecule has 3 rings (SSSR count). The van der Waals surface area contributed by atoms with E-state index in [1.165, 1.54) is 31.4 Å². The Hall–Kier alpha value is -3.13. The third-order valence-electron chi connectivity index (χ3n) is 5.27. The summed E-state index contributed by atoms with van der Waals surface area (Å²) in [4.78, 5) is 25.3. The number of esters is 1. The minimum Gasteiger partial charge on any atom is -0.465 e. The van der Waals surface area contributed by atoms with Crippen molar-refractivity contribution in [3.8, 4) is 0 Å². The molecule has 2 aromatic carbocycles. The number of ether oxygens (including phenoxy) is 1.